The van der Waals surface area contributed by atoms with E-state index in [-0.39, 0.29) is 5.60 Å². The van der Waals surface area contributed by atoms with Crippen LogP contribution in [0.25, 0.3) is 0 Å². The molecule has 0 radical (unpaired) electrons. The van der Waals surface area contributed by atoms with Crippen molar-refractivity contribution in [2.75, 3.05) is 20.2 Å². The van der Waals surface area contributed by atoms with Crippen LogP contribution in [0.1, 0.15) is 32.1 Å². The van der Waals surface area contributed by atoms with Crippen molar-refractivity contribution in [3.05, 3.63) is 0 Å². The molecule has 74 valence electrons. The smallest absolute Gasteiger partial charge is 0.0802 e. The minimum absolute atomic E-state index is 0.149. The highest BCUT2D eigenvalue weighted by molar-refractivity contribution is 4.91. The highest BCUT2D eigenvalue weighted by atomic mass is 16.5. The van der Waals surface area contributed by atoms with Crippen LogP contribution in [-0.2, 0) is 4.74 Å². The number of methoxy groups -OCH3 is 1. The molecule has 0 saturated heterocycles. The lowest BCUT2D eigenvalue weighted by atomic mass is 9.80. The Hall–Kier alpha value is -0.520. The second-order valence-corrected chi connectivity index (χ2v) is 3.73. The normalized spacial score (nSPS) is 19.1. The number of unbranched alkanes of at least 4 members (excludes halogenated alkanes) is 1. The fourth-order valence-corrected chi connectivity index (χ4v) is 1.66. The zero-order valence-electron chi connectivity index (χ0n) is 8.44. The van der Waals surface area contributed by atoms with E-state index in [0.717, 1.165) is 25.9 Å². The molecule has 0 aromatic rings. The third-order valence-electron chi connectivity index (χ3n) is 2.82. The van der Waals surface area contributed by atoms with E-state index in [2.05, 4.69) is 11.2 Å². The first kappa shape index (κ1) is 10.6. The Morgan fingerprint density at radius 3 is 2.77 bits per heavy atom. The van der Waals surface area contributed by atoms with Gasteiger partial charge >= 0.3 is 0 Å². The quantitative estimate of drug-likeness (QED) is 0.496. The van der Waals surface area contributed by atoms with Crippen LogP contribution in [0.4, 0.5) is 0 Å². The van der Waals surface area contributed by atoms with E-state index < -0.39 is 0 Å². The van der Waals surface area contributed by atoms with Crippen LogP contribution in [-0.4, -0.2) is 25.8 Å². The van der Waals surface area contributed by atoms with Gasteiger partial charge in [0.25, 0.3) is 0 Å². The summed E-state index contributed by atoms with van der Waals surface area (Å²) in [5.74, 6) is 2.64. The molecule has 0 amide bonds. The summed E-state index contributed by atoms with van der Waals surface area (Å²) in [4.78, 5) is 0. The molecule has 0 heterocycles. The molecule has 0 aromatic heterocycles. The molecular weight excluding hydrogens is 162 g/mol. The Labute approximate surface area is 81.0 Å². The predicted octanol–water partition coefficient (Wildman–Crippen LogP) is 1.56. The SMILES string of the molecule is C#CCCCNCC1(OC)CCC1. The number of nitrogens with one attached hydrogen (secondary N) is 1. The Balaban J connectivity index is 2.01. The minimum Gasteiger partial charge on any atom is -0.377 e. The Bertz CT molecular complexity index is 174. The lowest BCUT2D eigenvalue weighted by Gasteiger charge is -2.40. The zero-order valence-corrected chi connectivity index (χ0v) is 8.44. The second kappa shape index (κ2) is 5.26. The molecule has 0 aliphatic heterocycles. The molecule has 1 aliphatic carbocycles. The van der Waals surface area contributed by atoms with Crippen molar-refractivity contribution >= 4 is 0 Å². The van der Waals surface area contributed by atoms with Gasteiger partial charge in [0.15, 0.2) is 0 Å². The van der Waals surface area contributed by atoms with Crippen LogP contribution in [0.5, 0.6) is 0 Å². The lowest BCUT2D eigenvalue weighted by Crippen LogP contribution is -2.48. The number of ether oxygens (including phenoxy) is 1. The van der Waals surface area contributed by atoms with Crippen LogP contribution in [0, 0.1) is 12.3 Å². The maximum absolute atomic E-state index is 5.48. The van der Waals surface area contributed by atoms with Crippen molar-refractivity contribution in [2.24, 2.45) is 0 Å². The third-order valence-corrected chi connectivity index (χ3v) is 2.82. The molecule has 1 N–H and O–H groups in total. The molecule has 1 fully saturated rings. The van der Waals surface area contributed by atoms with E-state index >= 15 is 0 Å². The fraction of sp³-hybridized carbons (Fsp3) is 0.818. The van der Waals surface area contributed by atoms with Gasteiger partial charge in [-0.15, -0.1) is 12.3 Å². The number of hydrogen-bond donors (Lipinski definition) is 1. The van der Waals surface area contributed by atoms with Crippen molar-refractivity contribution < 1.29 is 4.74 Å². The molecule has 0 spiro atoms. The summed E-state index contributed by atoms with van der Waals surface area (Å²) >= 11 is 0. The van der Waals surface area contributed by atoms with E-state index in [9.17, 15) is 0 Å². The molecular formula is C11H19NO. The summed E-state index contributed by atoms with van der Waals surface area (Å²) in [5.41, 5.74) is 0.149. The highest BCUT2D eigenvalue weighted by Gasteiger charge is 2.36. The molecule has 0 atom stereocenters. The molecule has 1 rings (SSSR count). The van der Waals surface area contributed by atoms with E-state index in [4.69, 9.17) is 11.2 Å². The second-order valence-electron chi connectivity index (χ2n) is 3.73. The molecule has 0 unspecified atom stereocenters. The summed E-state index contributed by atoms with van der Waals surface area (Å²) in [6, 6.07) is 0. The molecule has 0 aromatic carbocycles. The predicted molar refractivity (Wildman–Crippen MR) is 54.5 cm³/mol. The highest BCUT2D eigenvalue weighted by Crippen LogP contribution is 2.34. The van der Waals surface area contributed by atoms with Gasteiger partial charge in [0, 0.05) is 20.1 Å². The van der Waals surface area contributed by atoms with Crippen LogP contribution < -0.4 is 5.32 Å². The first-order valence-corrected chi connectivity index (χ1v) is 5.02. The van der Waals surface area contributed by atoms with Gasteiger partial charge in [0.2, 0.25) is 0 Å². The Morgan fingerprint density at radius 2 is 2.31 bits per heavy atom. The molecule has 1 aliphatic rings. The fourth-order valence-electron chi connectivity index (χ4n) is 1.66. The van der Waals surface area contributed by atoms with Crippen molar-refractivity contribution in [1.29, 1.82) is 0 Å². The zero-order chi connectivity index (χ0) is 9.57. The summed E-state index contributed by atoms with van der Waals surface area (Å²) in [6.07, 6.45) is 10.8. The minimum atomic E-state index is 0.149. The maximum Gasteiger partial charge on any atom is 0.0802 e. The van der Waals surface area contributed by atoms with Gasteiger partial charge < -0.3 is 10.1 Å². The van der Waals surface area contributed by atoms with E-state index in [1.807, 2.05) is 7.11 Å². The molecule has 2 heteroatoms. The summed E-state index contributed by atoms with van der Waals surface area (Å²) in [6.45, 7) is 1.99. The largest absolute Gasteiger partial charge is 0.377 e. The summed E-state index contributed by atoms with van der Waals surface area (Å²) < 4.78 is 5.48. The number of hydrogen-bond acceptors (Lipinski definition) is 2. The third kappa shape index (κ3) is 3.02. The van der Waals surface area contributed by atoms with Gasteiger partial charge in [0.05, 0.1) is 5.60 Å². The van der Waals surface area contributed by atoms with Gasteiger partial charge in [-0.1, -0.05) is 0 Å². The lowest BCUT2D eigenvalue weighted by molar-refractivity contribution is -0.0692. The maximum atomic E-state index is 5.48. The standard InChI is InChI=1S/C11H19NO/c1-3-4-5-9-12-10-11(13-2)7-6-8-11/h1,12H,4-10H2,2H3. The Kier molecular flexibility index (Phi) is 4.27. The van der Waals surface area contributed by atoms with Gasteiger partial charge in [-0.3, -0.25) is 0 Å². The summed E-state index contributed by atoms with van der Waals surface area (Å²) in [7, 11) is 1.81. The summed E-state index contributed by atoms with van der Waals surface area (Å²) in [5, 5.41) is 3.39. The molecule has 1 saturated carbocycles. The van der Waals surface area contributed by atoms with Gasteiger partial charge in [-0.05, 0) is 32.2 Å². The van der Waals surface area contributed by atoms with Crippen LogP contribution in [0.3, 0.4) is 0 Å². The molecule has 2 nitrogen and oxygen atoms in total. The average molecular weight is 181 g/mol. The van der Waals surface area contributed by atoms with Crippen molar-refractivity contribution in [3.8, 4) is 12.3 Å². The van der Waals surface area contributed by atoms with Crippen LogP contribution >= 0.6 is 0 Å². The van der Waals surface area contributed by atoms with Gasteiger partial charge in [0.1, 0.15) is 0 Å². The number of terminal acetylenes is 1. The van der Waals surface area contributed by atoms with Crippen molar-refractivity contribution in [1.82, 2.24) is 5.32 Å². The topological polar surface area (TPSA) is 21.3 Å². The van der Waals surface area contributed by atoms with E-state index in [1.165, 1.54) is 19.3 Å². The van der Waals surface area contributed by atoms with Gasteiger partial charge in [-0.2, -0.15) is 0 Å². The molecule has 0 bridgehead atoms. The van der Waals surface area contributed by atoms with Crippen LogP contribution in [0.15, 0.2) is 0 Å². The first-order valence-electron chi connectivity index (χ1n) is 5.02. The van der Waals surface area contributed by atoms with E-state index in [1.54, 1.807) is 0 Å². The first-order chi connectivity index (χ1) is 6.33. The van der Waals surface area contributed by atoms with Crippen molar-refractivity contribution in [2.45, 2.75) is 37.7 Å². The van der Waals surface area contributed by atoms with Gasteiger partial charge in [-0.25, -0.2) is 0 Å². The monoisotopic (exact) mass is 181 g/mol. The van der Waals surface area contributed by atoms with Crippen LogP contribution in [0.2, 0.25) is 0 Å². The average Bonchev–Trinajstić information content (AvgIpc) is 2.09. The molecule has 13 heavy (non-hydrogen) atoms. The van der Waals surface area contributed by atoms with E-state index in [0.29, 0.717) is 0 Å². The number of rotatable bonds is 6. The van der Waals surface area contributed by atoms with Crippen molar-refractivity contribution in [3.63, 3.8) is 0 Å². The Morgan fingerprint density at radius 1 is 1.54 bits per heavy atom.